The van der Waals surface area contributed by atoms with Gasteiger partial charge in [0.25, 0.3) is 10.0 Å². The molecule has 0 spiro atoms. The molecule has 5 heteroatoms. The quantitative estimate of drug-likeness (QED) is 0.738. The van der Waals surface area contributed by atoms with E-state index in [0.29, 0.717) is 16.9 Å². The molecule has 0 unspecified atom stereocenters. The van der Waals surface area contributed by atoms with E-state index in [9.17, 15) is 13.2 Å². The van der Waals surface area contributed by atoms with Crippen molar-refractivity contribution in [3.05, 3.63) is 53.6 Å². The van der Waals surface area contributed by atoms with Crippen LogP contribution < -0.4 is 0 Å². The summed E-state index contributed by atoms with van der Waals surface area (Å²) in [6.07, 6.45) is 3.19. The Morgan fingerprint density at radius 3 is 1.64 bits per heavy atom. The van der Waals surface area contributed by atoms with Crippen LogP contribution in [0.25, 0.3) is 0 Å². The van der Waals surface area contributed by atoms with E-state index in [4.69, 9.17) is 0 Å². The van der Waals surface area contributed by atoms with Crippen LogP contribution in [0.3, 0.4) is 0 Å². The predicted molar refractivity (Wildman–Crippen MR) is 101 cm³/mol. The molecule has 4 nitrogen and oxygen atoms in total. The number of carbonyl (C=O) groups is 1. The summed E-state index contributed by atoms with van der Waals surface area (Å²) in [6.45, 7) is 11.6. The lowest BCUT2D eigenvalue weighted by molar-refractivity contribution is -0.114. The van der Waals surface area contributed by atoms with E-state index in [-0.39, 0.29) is 10.7 Å². The molecule has 0 radical (unpaired) electrons. The number of nitrogens with zero attached hydrogens (tertiary/aromatic N) is 1. The van der Waals surface area contributed by atoms with Crippen molar-refractivity contribution in [3.8, 4) is 0 Å². The van der Waals surface area contributed by atoms with Gasteiger partial charge < -0.3 is 0 Å². The topological polar surface area (TPSA) is 63.6 Å². The maximum Gasteiger partial charge on any atom is 0.282 e. The van der Waals surface area contributed by atoms with E-state index < -0.39 is 20.9 Å². The summed E-state index contributed by atoms with van der Waals surface area (Å²) in [5.74, 6) is -0.0453. The van der Waals surface area contributed by atoms with Gasteiger partial charge in [0.15, 0.2) is 5.78 Å². The van der Waals surface area contributed by atoms with Gasteiger partial charge in [0, 0.05) is 11.1 Å². The Balaban J connectivity index is 2.64. The van der Waals surface area contributed by atoms with Crippen molar-refractivity contribution >= 4 is 21.5 Å². The molecule has 1 aromatic carbocycles. The second kappa shape index (κ2) is 6.37. The number of rotatable bonds is 2. The third-order valence-corrected chi connectivity index (χ3v) is 5.28. The molecule has 134 valence electrons. The first-order valence-electron chi connectivity index (χ1n) is 8.21. The van der Waals surface area contributed by atoms with E-state index in [2.05, 4.69) is 4.40 Å². The van der Waals surface area contributed by atoms with Gasteiger partial charge in [-0.05, 0) is 35.1 Å². The second-order valence-electron chi connectivity index (χ2n) is 8.25. The first-order valence-corrected chi connectivity index (χ1v) is 9.65. The second-order valence-corrected chi connectivity index (χ2v) is 9.85. The molecule has 0 saturated heterocycles. The fraction of sp³-hybridized carbons (Fsp3) is 0.400. The van der Waals surface area contributed by atoms with Gasteiger partial charge in [0.1, 0.15) is 0 Å². The Bertz CT molecular complexity index is 839. The summed E-state index contributed by atoms with van der Waals surface area (Å²) in [5.41, 5.74) is 0.625. The summed E-state index contributed by atoms with van der Waals surface area (Å²) >= 11 is 0. The zero-order valence-corrected chi connectivity index (χ0v) is 16.4. The van der Waals surface area contributed by atoms with Gasteiger partial charge >= 0.3 is 0 Å². The molecular formula is C20H25NO3S. The number of hydrogen-bond donors (Lipinski definition) is 0. The van der Waals surface area contributed by atoms with Crippen LogP contribution in [0.4, 0.5) is 0 Å². The van der Waals surface area contributed by atoms with E-state index in [1.807, 2.05) is 41.5 Å². The van der Waals surface area contributed by atoms with Crippen molar-refractivity contribution < 1.29 is 13.2 Å². The molecule has 0 saturated carbocycles. The summed E-state index contributed by atoms with van der Waals surface area (Å²) in [5, 5.41) is 0. The van der Waals surface area contributed by atoms with Crippen LogP contribution in [-0.2, 0) is 14.8 Å². The molecule has 0 bridgehead atoms. The molecule has 2 rings (SSSR count). The maximum absolute atomic E-state index is 12.9. The lowest BCUT2D eigenvalue weighted by atomic mass is 9.72. The highest BCUT2D eigenvalue weighted by Gasteiger charge is 2.34. The lowest BCUT2D eigenvalue weighted by Crippen LogP contribution is -2.29. The van der Waals surface area contributed by atoms with Crippen molar-refractivity contribution in [2.45, 2.75) is 46.4 Å². The van der Waals surface area contributed by atoms with Gasteiger partial charge in [-0.25, -0.2) is 0 Å². The fourth-order valence-electron chi connectivity index (χ4n) is 2.56. The van der Waals surface area contributed by atoms with E-state index >= 15 is 0 Å². The monoisotopic (exact) mass is 359 g/mol. The Kier molecular flexibility index (Phi) is 4.92. The van der Waals surface area contributed by atoms with Gasteiger partial charge in [-0.1, -0.05) is 59.7 Å². The molecule has 0 aliphatic heterocycles. The number of Topliss-reactive ketones (excluding diaryl/α,β-unsaturated/α-hetero) is 1. The fourth-order valence-corrected chi connectivity index (χ4v) is 3.55. The molecule has 1 aliphatic rings. The average molecular weight is 359 g/mol. The van der Waals surface area contributed by atoms with Crippen LogP contribution in [0.2, 0.25) is 0 Å². The van der Waals surface area contributed by atoms with Gasteiger partial charge in [-0.2, -0.15) is 12.8 Å². The van der Waals surface area contributed by atoms with Crippen LogP contribution in [0.15, 0.2) is 62.9 Å². The summed E-state index contributed by atoms with van der Waals surface area (Å²) < 4.78 is 29.1. The van der Waals surface area contributed by atoms with Gasteiger partial charge in [0.05, 0.1) is 10.6 Å². The first kappa shape index (κ1) is 19.3. The summed E-state index contributed by atoms with van der Waals surface area (Å²) in [4.78, 5) is 13.0. The number of allylic oxidation sites excluding steroid dienone is 4. The highest BCUT2D eigenvalue weighted by atomic mass is 32.2. The third kappa shape index (κ3) is 4.34. The zero-order chi connectivity index (χ0) is 19.0. The minimum Gasteiger partial charge on any atom is -0.289 e. The van der Waals surface area contributed by atoms with Crippen LogP contribution in [0.5, 0.6) is 0 Å². The Morgan fingerprint density at radius 2 is 1.24 bits per heavy atom. The van der Waals surface area contributed by atoms with Crippen molar-refractivity contribution in [3.63, 3.8) is 0 Å². The molecule has 1 aromatic rings. The highest BCUT2D eigenvalue weighted by Crippen LogP contribution is 2.37. The van der Waals surface area contributed by atoms with E-state index in [1.165, 1.54) is 12.1 Å². The molecule has 0 atom stereocenters. The molecular weight excluding hydrogens is 334 g/mol. The number of benzene rings is 1. The Hall–Kier alpha value is -2.01. The summed E-state index contributed by atoms with van der Waals surface area (Å²) in [6, 6.07) is 8.08. The Morgan fingerprint density at radius 1 is 0.800 bits per heavy atom. The minimum atomic E-state index is -3.83. The van der Waals surface area contributed by atoms with Crippen molar-refractivity contribution in [2.24, 2.45) is 15.2 Å². The highest BCUT2D eigenvalue weighted by molar-refractivity contribution is 7.90. The zero-order valence-electron chi connectivity index (χ0n) is 15.6. The number of hydrogen-bond acceptors (Lipinski definition) is 3. The molecule has 0 N–H and O–H groups in total. The molecule has 1 aliphatic carbocycles. The molecule has 0 heterocycles. The summed E-state index contributed by atoms with van der Waals surface area (Å²) in [7, 11) is -3.83. The predicted octanol–water partition coefficient (Wildman–Crippen LogP) is 4.34. The van der Waals surface area contributed by atoms with Crippen molar-refractivity contribution in [2.75, 3.05) is 0 Å². The minimum absolute atomic E-state index is 0.0453. The molecule has 0 fully saturated rings. The third-order valence-electron chi connectivity index (χ3n) is 3.96. The van der Waals surface area contributed by atoms with Crippen LogP contribution in [0, 0.1) is 10.8 Å². The van der Waals surface area contributed by atoms with Gasteiger partial charge in [0.2, 0.25) is 0 Å². The van der Waals surface area contributed by atoms with Crippen molar-refractivity contribution in [1.29, 1.82) is 0 Å². The molecule has 0 aromatic heterocycles. The van der Waals surface area contributed by atoms with Crippen LogP contribution >= 0.6 is 0 Å². The number of sulfonamides is 1. The van der Waals surface area contributed by atoms with E-state index in [1.54, 1.807) is 30.4 Å². The number of carbonyl (C=O) groups excluding carboxylic acids is 1. The molecule has 25 heavy (non-hydrogen) atoms. The number of ketones is 1. The first-order chi connectivity index (χ1) is 11.3. The van der Waals surface area contributed by atoms with Gasteiger partial charge in [-0.15, -0.1) is 0 Å². The normalized spacial score (nSPS) is 16.4. The van der Waals surface area contributed by atoms with Crippen LogP contribution in [0.1, 0.15) is 41.5 Å². The van der Waals surface area contributed by atoms with Crippen LogP contribution in [-0.4, -0.2) is 19.9 Å². The Labute approximate surface area is 150 Å². The SMILES string of the molecule is CC(C)(C)C1=CC(=NS(=O)(=O)c2ccccc2)C=C(C(C)(C)C)C1=O. The smallest absolute Gasteiger partial charge is 0.282 e. The molecule has 0 amide bonds. The largest absolute Gasteiger partial charge is 0.289 e. The van der Waals surface area contributed by atoms with E-state index in [0.717, 1.165) is 0 Å². The average Bonchev–Trinajstić information content (AvgIpc) is 2.47. The maximum atomic E-state index is 12.9. The standard InChI is InChI=1S/C20H25NO3S/c1-19(2,3)16-12-14(13-17(18(16)22)20(4,5)6)21-25(23,24)15-10-8-7-9-11-15/h7-13H,1-6H3. The lowest BCUT2D eigenvalue weighted by Gasteiger charge is -2.30. The van der Waals surface area contributed by atoms with Crippen molar-refractivity contribution in [1.82, 2.24) is 0 Å². The van der Waals surface area contributed by atoms with Gasteiger partial charge in [-0.3, -0.25) is 4.79 Å².